The fourth-order valence-electron chi connectivity index (χ4n) is 4.30. The Morgan fingerprint density at radius 1 is 1.06 bits per heavy atom. The summed E-state index contributed by atoms with van der Waals surface area (Å²) in [5, 5.41) is 4.47. The van der Waals surface area contributed by atoms with Crippen LogP contribution in [0.4, 0.5) is 14.7 Å². The SMILES string of the molecule is [2H]c1c([2H])c(-c2nc(N3C[C@@H](c4cnn(C5CC5)c4)O[C@@H](C)C3)nc3nc(C)c(C)nc23)c(F)c([2H])c1F. The molecule has 1 saturated carbocycles. The average molecular weight is 481 g/mol. The summed E-state index contributed by atoms with van der Waals surface area (Å²) in [5.74, 6) is -2.47. The van der Waals surface area contributed by atoms with Crippen molar-refractivity contribution >= 4 is 17.1 Å². The van der Waals surface area contributed by atoms with Crippen molar-refractivity contribution in [1.82, 2.24) is 29.7 Å². The van der Waals surface area contributed by atoms with Crippen LogP contribution < -0.4 is 4.90 Å². The third-order valence-electron chi connectivity index (χ3n) is 6.36. The second kappa shape index (κ2) is 8.30. The largest absolute Gasteiger partial charge is 0.367 e. The average Bonchev–Trinajstić information content (AvgIpc) is 3.63. The molecule has 3 aromatic heterocycles. The van der Waals surface area contributed by atoms with Gasteiger partial charge in [0.25, 0.3) is 0 Å². The first-order chi connectivity index (χ1) is 18.1. The number of rotatable bonds is 4. The number of aromatic nitrogens is 6. The van der Waals surface area contributed by atoms with Gasteiger partial charge in [-0.05, 0) is 45.7 Å². The Balaban J connectivity index is 1.49. The summed E-state index contributed by atoms with van der Waals surface area (Å²) in [7, 11) is 0. The van der Waals surface area contributed by atoms with Gasteiger partial charge in [-0.25, -0.2) is 23.7 Å². The van der Waals surface area contributed by atoms with E-state index >= 15 is 4.39 Å². The molecule has 2 fully saturated rings. The molecule has 1 aliphatic carbocycles. The Hall–Kier alpha value is -3.53. The highest BCUT2D eigenvalue weighted by atomic mass is 19.1. The molecule has 0 unspecified atom stereocenters. The van der Waals surface area contributed by atoms with Crippen LogP contribution in [0, 0.1) is 25.5 Å². The van der Waals surface area contributed by atoms with E-state index in [0.29, 0.717) is 30.5 Å². The zero-order valence-electron chi connectivity index (χ0n) is 22.5. The van der Waals surface area contributed by atoms with Gasteiger partial charge in [-0.15, -0.1) is 0 Å². The molecular weight excluding hydrogens is 452 g/mol. The summed E-state index contributed by atoms with van der Waals surface area (Å²) in [6.07, 6.45) is 5.51. The van der Waals surface area contributed by atoms with Crippen molar-refractivity contribution in [3.8, 4) is 11.3 Å². The van der Waals surface area contributed by atoms with Crippen LogP contribution in [-0.4, -0.2) is 48.9 Å². The van der Waals surface area contributed by atoms with E-state index in [1.807, 2.05) is 22.7 Å². The van der Waals surface area contributed by atoms with Gasteiger partial charge in [-0.1, -0.05) is 0 Å². The zero-order valence-corrected chi connectivity index (χ0v) is 19.5. The van der Waals surface area contributed by atoms with Crippen LogP contribution in [-0.2, 0) is 4.74 Å². The third-order valence-corrected chi connectivity index (χ3v) is 6.36. The zero-order chi connectivity index (χ0) is 26.9. The van der Waals surface area contributed by atoms with Crippen LogP contribution in [0.2, 0.25) is 0 Å². The van der Waals surface area contributed by atoms with Crippen LogP contribution >= 0.6 is 0 Å². The molecular formula is C25H25F2N7O. The fourth-order valence-corrected chi connectivity index (χ4v) is 4.30. The summed E-state index contributed by atoms with van der Waals surface area (Å²) in [6, 6.07) is -2.27. The van der Waals surface area contributed by atoms with E-state index in [2.05, 4.69) is 25.0 Å². The summed E-state index contributed by atoms with van der Waals surface area (Å²) in [5.41, 5.74) is 1.79. The third kappa shape index (κ3) is 4.12. The van der Waals surface area contributed by atoms with Crippen LogP contribution in [0.1, 0.15) is 53.0 Å². The summed E-state index contributed by atoms with van der Waals surface area (Å²) in [6.45, 7) is 6.25. The van der Waals surface area contributed by atoms with E-state index in [1.54, 1.807) is 20.0 Å². The Labute approximate surface area is 205 Å². The van der Waals surface area contributed by atoms with E-state index < -0.39 is 35.3 Å². The minimum atomic E-state index is -1.40. The first-order valence-corrected chi connectivity index (χ1v) is 11.5. The van der Waals surface area contributed by atoms with E-state index in [1.165, 1.54) is 0 Å². The van der Waals surface area contributed by atoms with Gasteiger partial charge >= 0.3 is 0 Å². The predicted octanol–water partition coefficient (Wildman–Crippen LogP) is 4.48. The van der Waals surface area contributed by atoms with Crippen molar-refractivity contribution in [2.75, 3.05) is 18.0 Å². The smallest absolute Gasteiger partial charge is 0.228 e. The van der Waals surface area contributed by atoms with Crippen LogP contribution in [0.3, 0.4) is 0 Å². The second-order valence-electron chi connectivity index (χ2n) is 9.14. The van der Waals surface area contributed by atoms with Gasteiger partial charge in [0, 0.05) is 29.9 Å². The normalized spacial score (nSPS) is 21.7. The predicted molar refractivity (Wildman–Crippen MR) is 126 cm³/mol. The first kappa shape index (κ1) is 18.8. The number of anilines is 1. The fraction of sp³-hybridized carbons (Fsp3) is 0.400. The van der Waals surface area contributed by atoms with Crippen LogP contribution in [0.5, 0.6) is 0 Å². The van der Waals surface area contributed by atoms with E-state index in [9.17, 15) is 4.39 Å². The van der Waals surface area contributed by atoms with E-state index in [4.69, 9.17) is 8.85 Å². The van der Waals surface area contributed by atoms with Crippen molar-refractivity contribution in [1.29, 1.82) is 0 Å². The monoisotopic (exact) mass is 480 g/mol. The molecule has 1 aliphatic heterocycles. The molecule has 2 atom stereocenters. The molecule has 180 valence electrons. The van der Waals surface area contributed by atoms with Crippen molar-refractivity contribution < 1.29 is 17.6 Å². The lowest BCUT2D eigenvalue weighted by Gasteiger charge is -2.36. The highest BCUT2D eigenvalue weighted by Crippen LogP contribution is 2.36. The lowest BCUT2D eigenvalue weighted by molar-refractivity contribution is -0.0178. The van der Waals surface area contributed by atoms with Gasteiger partial charge < -0.3 is 9.64 Å². The molecule has 0 amide bonds. The Kier molecular flexibility index (Phi) is 4.45. The molecule has 0 radical (unpaired) electrons. The second-order valence-corrected chi connectivity index (χ2v) is 9.14. The molecule has 1 saturated heterocycles. The molecule has 6 rings (SSSR count). The molecule has 1 aromatic carbocycles. The molecule has 35 heavy (non-hydrogen) atoms. The lowest BCUT2D eigenvalue weighted by atomic mass is 10.1. The van der Waals surface area contributed by atoms with Gasteiger partial charge in [0.1, 0.15) is 28.9 Å². The number of benzene rings is 1. The summed E-state index contributed by atoms with van der Waals surface area (Å²) < 4.78 is 61.8. The van der Waals surface area contributed by atoms with Crippen molar-refractivity contribution in [3.63, 3.8) is 0 Å². The first-order valence-electron chi connectivity index (χ1n) is 13.0. The number of hydrogen-bond donors (Lipinski definition) is 0. The number of nitrogens with zero attached hydrogens (tertiary/aromatic N) is 7. The molecule has 2 aliphatic rings. The summed E-state index contributed by atoms with van der Waals surface area (Å²) >= 11 is 0. The topological polar surface area (TPSA) is 81.9 Å². The highest BCUT2D eigenvalue weighted by Gasteiger charge is 2.32. The highest BCUT2D eigenvalue weighted by molar-refractivity contribution is 5.88. The van der Waals surface area contributed by atoms with Gasteiger partial charge in [-0.2, -0.15) is 10.1 Å². The maximum absolute atomic E-state index is 15.3. The molecule has 0 N–H and O–H groups in total. The maximum atomic E-state index is 15.3. The maximum Gasteiger partial charge on any atom is 0.228 e. The molecule has 4 heterocycles. The number of fused-ring (bicyclic) bond motifs is 1. The number of ether oxygens (including phenoxy) is 1. The molecule has 8 nitrogen and oxygen atoms in total. The van der Waals surface area contributed by atoms with E-state index in [-0.39, 0.29) is 35.0 Å². The van der Waals surface area contributed by atoms with Crippen molar-refractivity contribution in [2.24, 2.45) is 0 Å². The number of morpholine rings is 1. The Bertz CT molecular complexity index is 1560. The van der Waals surface area contributed by atoms with Crippen LogP contribution in [0.25, 0.3) is 22.4 Å². The number of halogens is 2. The molecule has 10 heteroatoms. The Morgan fingerprint density at radius 3 is 2.66 bits per heavy atom. The van der Waals surface area contributed by atoms with Crippen molar-refractivity contribution in [3.05, 3.63) is 59.1 Å². The standard InChI is InChI=1S/C25H25F2N7O/c1-13-10-33(12-21(35-13)16-9-28-34(11-16)18-5-6-18)25-31-22(19-7-4-17(26)8-20(19)27)23-24(32-25)30-15(3)14(2)29-23/h4,7-9,11,13,18,21H,5-6,10,12H2,1-3H3/t13-,21-/m0/s1/i4D,7D,8D. The summed E-state index contributed by atoms with van der Waals surface area (Å²) in [4.78, 5) is 20.1. The molecule has 0 spiro atoms. The Morgan fingerprint density at radius 2 is 1.86 bits per heavy atom. The number of hydrogen-bond acceptors (Lipinski definition) is 7. The van der Waals surface area contributed by atoms with Gasteiger partial charge in [0.2, 0.25) is 5.95 Å². The minimum absolute atomic E-state index is 0.109. The van der Waals surface area contributed by atoms with Gasteiger partial charge in [0.05, 0.1) is 40.4 Å². The minimum Gasteiger partial charge on any atom is -0.367 e. The van der Waals surface area contributed by atoms with Crippen LogP contribution in [0.15, 0.2) is 30.5 Å². The van der Waals surface area contributed by atoms with Gasteiger partial charge in [-0.3, -0.25) is 4.68 Å². The quantitative estimate of drug-likeness (QED) is 0.426. The number of aryl methyl sites for hydroxylation is 2. The molecule has 0 bridgehead atoms. The van der Waals surface area contributed by atoms with Crippen molar-refractivity contribution in [2.45, 2.75) is 51.9 Å². The lowest BCUT2D eigenvalue weighted by Crippen LogP contribution is -2.43. The van der Waals surface area contributed by atoms with E-state index in [0.717, 1.165) is 18.4 Å². The van der Waals surface area contributed by atoms with Gasteiger partial charge in [0.15, 0.2) is 5.65 Å². The molecule has 4 aromatic rings.